The average molecular weight is 229 g/mol. The van der Waals surface area contributed by atoms with E-state index in [1.807, 2.05) is 0 Å². The molecule has 77 valence electrons. The fourth-order valence-electron chi connectivity index (χ4n) is 1.65. The molecule has 3 rings (SSSR count). The van der Waals surface area contributed by atoms with Crippen molar-refractivity contribution in [3.05, 3.63) is 47.0 Å². The van der Waals surface area contributed by atoms with Gasteiger partial charge in [-0.3, -0.25) is 9.59 Å². The molecule has 1 aromatic carbocycles. The molecule has 1 radical (unpaired) electrons. The smallest absolute Gasteiger partial charge is 0.268 e. The molecule has 0 spiro atoms. The minimum atomic E-state index is -0.316. The second-order valence-electron chi connectivity index (χ2n) is 3.25. The molecule has 0 saturated heterocycles. The van der Waals surface area contributed by atoms with Crippen molar-refractivity contribution in [2.45, 2.75) is 0 Å². The van der Waals surface area contributed by atoms with Crippen molar-refractivity contribution >= 4 is 28.3 Å². The first-order valence-corrected chi connectivity index (χ1v) is 5.46. The third kappa shape index (κ3) is 1.12. The highest BCUT2D eigenvalue weighted by atomic mass is 32.1. The zero-order valence-corrected chi connectivity index (χ0v) is 8.82. The molecule has 0 aliphatic carbocycles. The highest BCUT2D eigenvalue weighted by molar-refractivity contribution is 7.14. The number of aromatic nitrogens is 1. The Morgan fingerprint density at radius 3 is 2.25 bits per heavy atom. The second-order valence-corrected chi connectivity index (χ2v) is 4.09. The number of hydrogen-bond donors (Lipinski definition) is 0. The molecule has 0 atom stereocenters. The fourth-order valence-corrected chi connectivity index (χ4v) is 2.24. The van der Waals surface area contributed by atoms with Gasteiger partial charge in [0.25, 0.3) is 11.8 Å². The van der Waals surface area contributed by atoms with Crippen molar-refractivity contribution in [2.75, 3.05) is 4.90 Å². The number of amides is 2. The summed E-state index contributed by atoms with van der Waals surface area (Å²) in [5.74, 6) is -0.632. The van der Waals surface area contributed by atoms with E-state index in [2.05, 4.69) is 11.2 Å². The summed E-state index contributed by atoms with van der Waals surface area (Å²) < 4.78 is 0. The number of imide groups is 1. The van der Waals surface area contributed by atoms with Gasteiger partial charge in [-0.15, -0.1) is 11.3 Å². The van der Waals surface area contributed by atoms with E-state index in [9.17, 15) is 9.59 Å². The first-order valence-electron chi connectivity index (χ1n) is 4.58. The van der Waals surface area contributed by atoms with Crippen LogP contribution < -0.4 is 4.90 Å². The fraction of sp³-hybridized carbons (Fsp3) is 0. The zero-order valence-electron chi connectivity index (χ0n) is 8.01. The number of fused-ring (bicyclic) bond motifs is 1. The Morgan fingerprint density at radius 2 is 1.75 bits per heavy atom. The van der Waals surface area contributed by atoms with E-state index in [0.29, 0.717) is 16.3 Å². The van der Waals surface area contributed by atoms with Gasteiger partial charge in [-0.25, -0.2) is 9.88 Å². The normalized spacial score (nSPS) is 14.4. The first-order chi connectivity index (χ1) is 7.79. The summed E-state index contributed by atoms with van der Waals surface area (Å²) in [5.41, 5.74) is 0.866. The summed E-state index contributed by atoms with van der Waals surface area (Å²) in [6.45, 7) is 0. The van der Waals surface area contributed by atoms with Crippen molar-refractivity contribution in [2.24, 2.45) is 0 Å². The van der Waals surface area contributed by atoms with Gasteiger partial charge in [-0.2, -0.15) is 0 Å². The molecule has 0 bridgehead atoms. The molecular formula is C11H5N2O2S. The summed E-state index contributed by atoms with van der Waals surface area (Å²) in [5, 5.41) is 1.98. The van der Waals surface area contributed by atoms with E-state index >= 15 is 0 Å². The molecule has 1 aromatic heterocycles. The molecule has 2 aromatic rings. The standard InChI is InChI=1S/C11H5N2O2S/c14-9-7-3-1-2-4-8(7)10(15)13(9)11-12-5-6-16-11/h1-4,6H. The van der Waals surface area contributed by atoms with Gasteiger partial charge in [0.15, 0.2) is 5.13 Å². The van der Waals surface area contributed by atoms with E-state index in [4.69, 9.17) is 0 Å². The van der Waals surface area contributed by atoms with Crippen LogP contribution in [0.5, 0.6) is 0 Å². The van der Waals surface area contributed by atoms with Gasteiger partial charge < -0.3 is 0 Å². The van der Waals surface area contributed by atoms with Crippen LogP contribution in [0.2, 0.25) is 0 Å². The minimum Gasteiger partial charge on any atom is -0.268 e. The van der Waals surface area contributed by atoms with Crippen LogP contribution in [-0.4, -0.2) is 16.8 Å². The molecule has 0 unspecified atom stereocenters. The number of carbonyl (C=O) groups excluding carboxylic acids is 2. The molecular weight excluding hydrogens is 224 g/mol. The summed E-state index contributed by atoms with van der Waals surface area (Å²) in [7, 11) is 0. The number of thiazole rings is 1. The van der Waals surface area contributed by atoms with Crippen LogP contribution in [0, 0.1) is 6.20 Å². The zero-order chi connectivity index (χ0) is 11.1. The second kappa shape index (κ2) is 3.24. The van der Waals surface area contributed by atoms with Crippen LogP contribution >= 0.6 is 11.3 Å². The van der Waals surface area contributed by atoms with Gasteiger partial charge in [0.2, 0.25) is 0 Å². The maximum atomic E-state index is 12.0. The molecule has 2 amide bonds. The van der Waals surface area contributed by atoms with E-state index in [1.165, 1.54) is 11.3 Å². The lowest BCUT2D eigenvalue weighted by atomic mass is 10.1. The maximum absolute atomic E-state index is 12.0. The number of anilines is 1. The van der Waals surface area contributed by atoms with Gasteiger partial charge in [-0.05, 0) is 12.1 Å². The monoisotopic (exact) mass is 229 g/mol. The van der Waals surface area contributed by atoms with Crippen molar-refractivity contribution < 1.29 is 9.59 Å². The highest BCUT2D eigenvalue weighted by Crippen LogP contribution is 2.28. The lowest BCUT2D eigenvalue weighted by Gasteiger charge is -2.08. The molecule has 5 heteroatoms. The summed E-state index contributed by atoms with van der Waals surface area (Å²) in [6, 6.07) is 6.77. The molecule has 4 nitrogen and oxygen atoms in total. The van der Waals surface area contributed by atoms with Crippen LogP contribution in [0.3, 0.4) is 0 Å². The topological polar surface area (TPSA) is 50.3 Å². The predicted molar refractivity (Wildman–Crippen MR) is 58.5 cm³/mol. The van der Waals surface area contributed by atoms with Crippen molar-refractivity contribution in [1.82, 2.24) is 4.98 Å². The van der Waals surface area contributed by atoms with Crippen LogP contribution in [0.4, 0.5) is 5.13 Å². The third-order valence-corrected chi connectivity index (χ3v) is 3.07. The number of nitrogens with zero attached hydrogens (tertiary/aromatic N) is 2. The Bertz CT molecular complexity index is 542. The van der Waals surface area contributed by atoms with E-state index in [-0.39, 0.29) is 11.8 Å². The average Bonchev–Trinajstić information content (AvgIpc) is 2.89. The summed E-state index contributed by atoms with van der Waals surface area (Å²) in [4.78, 5) is 28.9. The molecule has 1 aliphatic heterocycles. The molecule has 0 fully saturated rings. The van der Waals surface area contributed by atoms with E-state index < -0.39 is 0 Å². The number of carbonyl (C=O) groups is 2. The van der Waals surface area contributed by atoms with Gasteiger partial charge in [0.1, 0.15) is 6.20 Å². The van der Waals surface area contributed by atoms with Crippen LogP contribution in [0.25, 0.3) is 0 Å². The van der Waals surface area contributed by atoms with Crippen LogP contribution in [0.1, 0.15) is 20.7 Å². The lowest BCUT2D eigenvalue weighted by molar-refractivity contribution is 0.0926. The molecule has 0 N–H and O–H groups in total. The molecule has 16 heavy (non-hydrogen) atoms. The Hall–Kier alpha value is -2.01. The number of hydrogen-bond acceptors (Lipinski definition) is 4. The third-order valence-electron chi connectivity index (χ3n) is 2.36. The molecule has 2 heterocycles. The SMILES string of the molecule is O=C1c2ccccc2C(=O)N1c1n[c]cs1. The van der Waals surface area contributed by atoms with Crippen molar-refractivity contribution in [1.29, 1.82) is 0 Å². The van der Waals surface area contributed by atoms with Crippen LogP contribution in [-0.2, 0) is 0 Å². The lowest BCUT2D eigenvalue weighted by Crippen LogP contribution is -2.29. The minimum absolute atomic E-state index is 0.316. The molecule has 0 saturated carbocycles. The van der Waals surface area contributed by atoms with Gasteiger partial charge >= 0.3 is 0 Å². The first kappa shape index (κ1) is 9.23. The van der Waals surface area contributed by atoms with Crippen molar-refractivity contribution in [3.63, 3.8) is 0 Å². The predicted octanol–water partition coefficient (Wildman–Crippen LogP) is 1.74. The van der Waals surface area contributed by atoms with Gasteiger partial charge in [-0.1, -0.05) is 12.1 Å². The number of benzene rings is 1. The van der Waals surface area contributed by atoms with Crippen LogP contribution in [0.15, 0.2) is 29.6 Å². The van der Waals surface area contributed by atoms with Crippen molar-refractivity contribution in [3.8, 4) is 0 Å². The Kier molecular flexibility index (Phi) is 1.87. The Labute approximate surface area is 95.2 Å². The maximum Gasteiger partial charge on any atom is 0.268 e. The summed E-state index contributed by atoms with van der Waals surface area (Å²) in [6.07, 6.45) is 2.60. The van der Waals surface area contributed by atoms with Gasteiger partial charge in [0.05, 0.1) is 11.1 Å². The van der Waals surface area contributed by atoms with Gasteiger partial charge in [0, 0.05) is 5.38 Å². The summed E-state index contributed by atoms with van der Waals surface area (Å²) >= 11 is 1.22. The highest BCUT2D eigenvalue weighted by Gasteiger charge is 2.37. The largest absolute Gasteiger partial charge is 0.268 e. The van der Waals surface area contributed by atoms with E-state index in [0.717, 1.165) is 4.90 Å². The van der Waals surface area contributed by atoms with E-state index in [1.54, 1.807) is 29.6 Å². The molecule has 1 aliphatic rings. The quantitative estimate of drug-likeness (QED) is 0.700. The number of rotatable bonds is 1. The Morgan fingerprint density at radius 1 is 1.12 bits per heavy atom. The Balaban J connectivity index is 2.15.